The number of piperidine rings is 1. The van der Waals surface area contributed by atoms with E-state index in [9.17, 15) is 8.42 Å². The van der Waals surface area contributed by atoms with E-state index in [1.807, 2.05) is 42.5 Å². The lowest BCUT2D eigenvalue weighted by atomic mass is 9.74. The number of nitrogens with one attached hydrogen (secondary N) is 1. The molecule has 6 heteroatoms. The van der Waals surface area contributed by atoms with Gasteiger partial charge in [0, 0.05) is 23.9 Å². The molecule has 0 amide bonds. The van der Waals surface area contributed by atoms with E-state index in [1.165, 1.54) is 0 Å². The minimum Gasteiger partial charge on any atom is -0.487 e. The van der Waals surface area contributed by atoms with Crippen molar-refractivity contribution in [1.82, 2.24) is 10.3 Å². The Balaban J connectivity index is 1.50. The molecule has 0 saturated carbocycles. The van der Waals surface area contributed by atoms with Crippen molar-refractivity contribution in [1.29, 1.82) is 0 Å². The van der Waals surface area contributed by atoms with Crippen molar-refractivity contribution < 1.29 is 13.2 Å². The molecule has 1 aromatic heterocycles. The normalized spacial score (nSPS) is 19.8. The zero-order valence-electron chi connectivity index (χ0n) is 18.0. The number of sulfone groups is 1. The summed E-state index contributed by atoms with van der Waals surface area (Å²) in [7, 11) is -3.34. The summed E-state index contributed by atoms with van der Waals surface area (Å²) in [5.41, 5.74) is 3.63. The molecule has 3 heterocycles. The van der Waals surface area contributed by atoms with Crippen LogP contribution in [0.2, 0.25) is 0 Å². The van der Waals surface area contributed by atoms with Crippen molar-refractivity contribution in [2.24, 2.45) is 0 Å². The minimum absolute atomic E-state index is 0.00482. The van der Waals surface area contributed by atoms with E-state index in [0.29, 0.717) is 0 Å². The lowest BCUT2D eigenvalue weighted by Gasteiger charge is -2.45. The number of nitrogens with zero attached hydrogens (tertiary/aromatic N) is 1. The van der Waals surface area contributed by atoms with Crippen LogP contribution in [0.25, 0.3) is 0 Å². The first-order valence-electron chi connectivity index (χ1n) is 11.2. The van der Waals surface area contributed by atoms with Gasteiger partial charge in [0.05, 0.1) is 11.5 Å². The number of aromatic nitrogens is 1. The number of hydrogen-bond donors (Lipinski definition) is 1. The molecule has 5 nitrogen and oxygen atoms in total. The molecule has 3 aromatic rings. The summed E-state index contributed by atoms with van der Waals surface area (Å²) < 4.78 is 32.7. The summed E-state index contributed by atoms with van der Waals surface area (Å²) in [5.74, 6) is 1.06. The number of rotatable bonds is 5. The average molecular weight is 449 g/mol. The molecule has 1 spiro atoms. The second-order valence-corrected chi connectivity index (χ2v) is 11.0. The van der Waals surface area contributed by atoms with Gasteiger partial charge in [-0.05, 0) is 61.2 Å². The molecule has 2 aromatic carbocycles. The summed E-state index contributed by atoms with van der Waals surface area (Å²) in [6, 6.07) is 19.8. The van der Waals surface area contributed by atoms with Crippen molar-refractivity contribution >= 4 is 9.84 Å². The van der Waals surface area contributed by atoms with Crippen LogP contribution in [0.3, 0.4) is 0 Å². The second kappa shape index (κ2) is 8.68. The summed E-state index contributed by atoms with van der Waals surface area (Å²) in [6.45, 7) is 1.88. The largest absolute Gasteiger partial charge is 0.487 e. The number of para-hydroxylation sites is 1. The number of hydrogen-bond acceptors (Lipinski definition) is 5. The van der Waals surface area contributed by atoms with E-state index in [4.69, 9.17) is 4.74 Å². The number of pyridine rings is 1. The lowest BCUT2D eigenvalue weighted by molar-refractivity contribution is 0.0113. The lowest BCUT2D eigenvalue weighted by Crippen LogP contribution is -2.49. The zero-order chi connectivity index (χ0) is 22.0. The smallest absolute Gasteiger partial charge is 0.158 e. The van der Waals surface area contributed by atoms with E-state index in [1.54, 1.807) is 18.5 Å². The van der Waals surface area contributed by atoms with Gasteiger partial charge in [0.2, 0.25) is 0 Å². The van der Waals surface area contributed by atoms with Crippen molar-refractivity contribution in [3.8, 4) is 5.75 Å². The molecule has 2 aliphatic heterocycles. The first kappa shape index (κ1) is 21.2. The number of fused-ring (bicyclic) bond motifs is 1. The standard InChI is InChI=1S/C26H28N2O3S/c29-32(30,18-20-6-5-13-28-17-20)19-21-7-1-2-8-22(21)24-16-26(11-14-27-15-12-26)31-25-10-4-3-9-23(24)25/h1-10,13,17,24,27H,11-12,14-16,18-19H2. The summed E-state index contributed by atoms with van der Waals surface area (Å²) in [6.07, 6.45) is 6.06. The van der Waals surface area contributed by atoms with E-state index in [-0.39, 0.29) is 23.0 Å². The minimum atomic E-state index is -3.34. The highest BCUT2D eigenvalue weighted by molar-refractivity contribution is 7.89. The van der Waals surface area contributed by atoms with Crippen LogP contribution >= 0.6 is 0 Å². The molecule has 1 fully saturated rings. The Morgan fingerprint density at radius 3 is 2.47 bits per heavy atom. The summed E-state index contributed by atoms with van der Waals surface area (Å²) >= 11 is 0. The Kier molecular flexibility index (Phi) is 5.74. The third-order valence-corrected chi connectivity index (χ3v) is 8.15. The Labute approximate surface area is 189 Å². The third kappa shape index (κ3) is 4.43. The Bertz CT molecular complexity index is 1190. The van der Waals surface area contributed by atoms with Gasteiger partial charge in [-0.1, -0.05) is 48.5 Å². The third-order valence-electron chi connectivity index (χ3n) is 6.63. The fraction of sp³-hybridized carbons (Fsp3) is 0.346. The highest BCUT2D eigenvalue weighted by Gasteiger charge is 2.42. The molecular formula is C26H28N2O3S. The summed E-state index contributed by atoms with van der Waals surface area (Å²) in [4.78, 5) is 4.06. The molecule has 1 atom stereocenters. The molecule has 0 aliphatic carbocycles. The molecule has 32 heavy (non-hydrogen) atoms. The van der Waals surface area contributed by atoms with E-state index >= 15 is 0 Å². The highest BCUT2D eigenvalue weighted by Crippen LogP contribution is 2.48. The fourth-order valence-corrected chi connectivity index (χ4v) is 6.63. The van der Waals surface area contributed by atoms with Crippen LogP contribution in [0.5, 0.6) is 5.75 Å². The van der Waals surface area contributed by atoms with E-state index < -0.39 is 9.84 Å². The van der Waals surface area contributed by atoms with Crippen molar-refractivity contribution in [3.05, 3.63) is 95.3 Å². The van der Waals surface area contributed by atoms with Crippen molar-refractivity contribution in [3.63, 3.8) is 0 Å². The van der Waals surface area contributed by atoms with Crippen LogP contribution in [-0.4, -0.2) is 32.1 Å². The Hall–Kier alpha value is -2.70. The molecule has 1 unspecified atom stereocenters. The van der Waals surface area contributed by atoms with Crippen LogP contribution in [0.4, 0.5) is 0 Å². The molecule has 0 radical (unpaired) electrons. The molecule has 166 valence electrons. The van der Waals surface area contributed by atoms with Gasteiger partial charge in [0.1, 0.15) is 11.4 Å². The van der Waals surface area contributed by atoms with Gasteiger partial charge in [0.15, 0.2) is 9.84 Å². The Morgan fingerprint density at radius 2 is 1.69 bits per heavy atom. The van der Waals surface area contributed by atoms with Crippen LogP contribution in [0, 0.1) is 0 Å². The molecule has 1 saturated heterocycles. The first-order valence-corrected chi connectivity index (χ1v) is 13.0. The van der Waals surface area contributed by atoms with E-state index in [2.05, 4.69) is 22.4 Å². The van der Waals surface area contributed by atoms with Crippen molar-refractivity contribution in [2.75, 3.05) is 13.1 Å². The number of benzene rings is 2. The van der Waals surface area contributed by atoms with E-state index in [0.717, 1.165) is 60.4 Å². The Morgan fingerprint density at radius 1 is 0.938 bits per heavy atom. The van der Waals surface area contributed by atoms with Gasteiger partial charge < -0.3 is 10.1 Å². The van der Waals surface area contributed by atoms with Crippen molar-refractivity contribution in [2.45, 2.75) is 42.3 Å². The van der Waals surface area contributed by atoms with Crippen LogP contribution in [0.15, 0.2) is 73.1 Å². The predicted molar refractivity (Wildman–Crippen MR) is 125 cm³/mol. The van der Waals surface area contributed by atoms with Gasteiger partial charge in [0.25, 0.3) is 0 Å². The van der Waals surface area contributed by atoms with Crippen LogP contribution in [0.1, 0.15) is 47.4 Å². The van der Waals surface area contributed by atoms with Gasteiger partial charge in [-0.2, -0.15) is 0 Å². The maximum atomic E-state index is 13.1. The first-order chi connectivity index (χ1) is 15.5. The zero-order valence-corrected chi connectivity index (χ0v) is 18.9. The molecule has 0 bridgehead atoms. The van der Waals surface area contributed by atoms with Crippen LogP contribution in [-0.2, 0) is 21.3 Å². The predicted octanol–water partition coefficient (Wildman–Crippen LogP) is 4.23. The average Bonchev–Trinajstić information content (AvgIpc) is 2.79. The monoisotopic (exact) mass is 448 g/mol. The van der Waals surface area contributed by atoms with Gasteiger partial charge in [-0.15, -0.1) is 0 Å². The van der Waals surface area contributed by atoms with Gasteiger partial charge in [-0.25, -0.2) is 8.42 Å². The van der Waals surface area contributed by atoms with Gasteiger partial charge >= 0.3 is 0 Å². The second-order valence-electron chi connectivity index (χ2n) is 8.92. The quantitative estimate of drug-likeness (QED) is 0.633. The topological polar surface area (TPSA) is 68.3 Å². The maximum absolute atomic E-state index is 13.1. The van der Waals surface area contributed by atoms with Crippen LogP contribution < -0.4 is 10.1 Å². The number of ether oxygens (including phenoxy) is 1. The maximum Gasteiger partial charge on any atom is 0.158 e. The van der Waals surface area contributed by atoms with Gasteiger partial charge in [-0.3, -0.25) is 4.98 Å². The molecule has 5 rings (SSSR count). The summed E-state index contributed by atoms with van der Waals surface area (Å²) in [5, 5.41) is 3.44. The fourth-order valence-electron chi connectivity index (χ4n) is 5.12. The molecule has 1 N–H and O–H groups in total. The highest BCUT2D eigenvalue weighted by atomic mass is 32.2. The SMILES string of the molecule is O=S(=O)(Cc1cccnc1)Cc1ccccc1C1CC2(CCNCC2)Oc2ccccc21. The molecule has 2 aliphatic rings. The molecular weight excluding hydrogens is 420 g/mol.